The second-order valence-corrected chi connectivity index (χ2v) is 12.4. The first-order valence-corrected chi connectivity index (χ1v) is 16.2. The zero-order valence-electron chi connectivity index (χ0n) is 28.2. The van der Waals surface area contributed by atoms with Crippen LogP contribution in [0.5, 0.6) is 5.75 Å². The van der Waals surface area contributed by atoms with Gasteiger partial charge in [-0.05, 0) is 41.7 Å². The molecule has 17 nitrogen and oxygen atoms in total. The highest BCUT2D eigenvalue weighted by molar-refractivity contribution is 5.96. The van der Waals surface area contributed by atoms with Gasteiger partial charge >= 0.3 is 5.97 Å². The van der Waals surface area contributed by atoms with Gasteiger partial charge in [-0.25, -0.2) is 4.79 Å². The van der Waals surface area contributed by atoms with Crippen LogP contribution in [0.4, 0.5) is 0 Å². The Morgan fingerprint density at radius 2 is 1.35 bits per heavy atom. The highest BCUT2D eigenvalue weighted by Crippen LogP contribution is 2.20. The number of carbonyl (C=O) groups excluding carboxylic acids is 6. The first-order valence-electron chi connectivity index (χ1n) is 16.2. The zero-order chi connectivity index (χ0) is 37.7. The van der Waals surface area contributed by atoms with Gasteiger partial charge in [0.15, 0.2) is 0 Å². The number of carbonyl (C=O) groups is 7. The average molecular weight is 709 g/mol. The molecule has 1 aromatic heterocycles. The zero-order valence-corrected chi connectivity index (χ0v) is 28.2. The van der Waals surface area contributed by atoms with Crippen molar-refractivity contribution in [3.63, 3.8) is 0 Å². The van der Waals surface area contributed by atoms with Crippen LogP contribution >= 0.6 is 0 Å². The van der Waals surface area contributed by atoms with Crippen molar-refractivity contribution in [3.8, 4) is 5.75 Å². The Labute approximate surface area is 293 Å². The number of amides is 6. The fraction of sp³-hybridized carbons (Fsp3) is 0.382. The van der Waals surface area contributed by atoms with Crippen LogP contribution in [0.15, 0.2) is 54.7 Å². The third kappa shape index (κ3) is 12.5. The number of carboxylic acids is 1. The predicted octanol–water partition coefficient (Wildman–Crippen LogP) is -1.32. The van der Waals surface area contributed by atoms with E-state index in [9.17, 15) is 43.8 Å². The highest BCUT2D eigenvalue weighted by Gasteiger charge is 2.33. The maximum Gasteiger partial charge on any atom is 0.326 e. The maximum absolute atomic E-state index is 13.9. The van der Waals surface area contributed by atoms with Crippen molar-refractivity contribution in [1.29, 1.82) is 0 Å². The van der Waals surface area contributed by atoms with Crippen molar-refractivity contribution in [2.75, 3.05) is 13.1 Å². The molecule has 0 bridgehead atoms. The van der Waals surface area contributed by atoms with E-state index in [4.69, 9.17) is 11.5 Å². The number of H-pyrrole nitrogens is 1. The fourth-order valence-electron chi connectivity index (χ4n) is 5.22. The number of aromatic nitrogens is 1. The lowest BCUT2D eigenvalue weighted by Crippen LogP contribution is -2.59. The molecule has 0 aliphatic heterocycles. The summed E-state index contributed by atoms with van der Waals surface area (Å²) >= 11 is 0. The van der Waals surface area contributed by atoms with Gasteiger partial charge in [0.1, 0.15) is 29.9 Å². The Hall–Kier alpha value is -5.97. The number of aromatic amines is 1. The second kappa shape index (κ2) is 18.7. The van der Waals surface area contributed by atoms with Gasteiger partial charge in [0, 0.05) is 29.9 Å². The Kier molecular flexibility index (Phi) is 14.5. The Morgan fingerprint density at radius 3 is 1.96 bits per heavy atom. The molecule has 0 unspecified atom stereocenters. The van der Waals surface area contributed by atoms with Crippen LogP contribution in [0.3, 0.4) is 0 Å². The number of fused-ring (bicyclic) bond motifs is 1. The molecule has 6 amide bonds. The highest BCUT2D eigenvalue weighted by atomic mass is 16.4. The van der Waals surface area contributed by atoms with Gasteiger partial charge < -0.3 is 53.2 Å². The quantitative estimate of drug-likeness (QED) is 0.0701. The third-order valence-electron chi connectivity index (χ3n) is 7.75. The second-order valence-electron chi connectivity index (χ2n) is 12.4. The number of primary amides is 1. The smallest absolute Gasteiger partial charge is 0.326 e. The molecule has 4 atom stereocenters. The van der Waals surface area contributed by atoms with E-state index in [0.29, 0.717) is 11.1 Å². The van der Waals surface area contributed by atoms with E-state index in [2.05, 4.69) is 31.6 Å². The van der Waals surface area contributed by atoms with Crippen LogP contribution in [-0.4, -0.2) is 93.9 Å². The van der Waals surface area contributed by atoms with Gasteiger partial charge in [-0.1, -0.05) is 44.2 Å². The van der Waals surface area contributed by atoms with Gasteiger partial charge in [0.25, 0.3) is 0 Å². The monoisotopic (exact) mass is 708 g/mol. The molecule has 3 rings (SSSR count). The van der Waals surface area contributed by atoms with Crippen LogP contribution < -0.4 is 38.1 Å². The molecule has 17 heteroatoms. The SMILES string of the molecule is CC(C)C[C@H](NC(=O)[C@H](Cc1ccc(O)cc1)NC(=O)CNC(=O)CN)C(=O)N[C@@H](Cc1c[nH]c2ccccc12)C(=O)N[C@@H](CC(N)=O)C(=O)O. The Balaban J connectivity index is 1.89. The number of hydrogen-bond acceptors (Lipinski definition) is 9. The molecule has 51 heavy (non-hydrogen) atoms. The molecule has 0 radical (unpaired) electrons. The number of rotatable bonds is 19. The molecule has 0 saturated carbocycles. The van der Waals surface area contributed by atoms with Crippen molar-refractivity contribution < 1.29 is 43.8 Å². The lowest BCUT2D eigenvalue weighted by molar-refractivity contribution is -0.143. The number of phenols is 1. The van der Waals surface area contributed by atoms with Crippen LogP contribution in [0.25, 0.3) is 10.9 Å². The summed E-state index contributed by atoms with van der Waals surface area (Å²) in [6.07, 6.45) is 0.909. The van der Waals surface area contributed by atoms with Gasteiger partial charge in [0.05, 0.1) is 19.5 Å². The molecule has 274 valence electrons. The minimum atomic E-state index is -1.66. The summed E-state index contributed by atoms with van der Waals surface area (Å²) < 4.78 is 0. The van der Waals surface area contributed by atoms with Gasteiger partial charge in [-0.3, -0.25) is 28.8 Å². The van der Waals surface area contributed by atoms with Gasteiger partial charge in [-0.15, -0.1) is 0 Å². The first-order chi connectivity index (χ1) is 24.2. The normalized spacial score (nSPS) is 13.3. The molecule has 12 N–H and O–H groups in total. The number of carboxylic acid groups (broad SMARTS) is 1. The molecule has 1 heterocycles. The van der Waals surface area contributed by atoms with Crippen molar-refractivity contribution in [3.05, 3.63) is 65.9 Å². The molecule has 0 fully saturated rings. The van der Waals surface area contributed by atoms with Crippen molar-refractivity contribution in [1.82, 2.24) is 31.6 Å². The Bertz CT molecular complexity index is 1720. The number of phenolic OH excluding ortho intramolecular Hbond substituents is 1. The predicted molar refractivity (Wildman–Crippen MR) is 185 cm³/mol. The molecular formula is C34H44N8O9. The standard InChI is InChI=1S/C34H44N8O9/c1-18(2)11-24(40-32(48)25(12-19-7-9-21(43)10-8-19)39-30(46)17-38-29(45)15-35)31(47)41-26(33(49)42-27(34(50)51)14-28(36)44)13-20-16-37-23-6-4-3-5-22(20)23/h3-10,16,18,24-27,37,43H,11-15,17,35H2,1-2H3,(H2,36,44)(H,38,45)(H,39,46)(H,40,48)(H,41,47)(H,42,49)(H,50,51)/t24-,25-,26-,27-/m0/s1. The molecule has 0 aliphatic rings. The summed E-state index contributed by atoms with van der Waals surface area (Å²) in [5.74, 6) is -6.37. The molecule has 0 aliphatic carbocycles. The lowest BCUT2D eigenvalue weighted by Gasteiger charge is -2.27. The van der Waals surface area contributed by atoms with Crippen molar-refractivity contribution in [2.45, 2.75) is 63.7 Å². The Morgan fingerprint density at radius 1 is 0.765 bits per heavy atom. The van der Waals surface area contributed by atoms with Crippen molar-refractivity contribution in [2.24, 2.45) is 17.4 Å². The van der Waals surface area contributed by atoms with E-state index in [1.807, 2.05) is 12.1 Å². The number of para-hydroxylation sites is 1. The largest absolute Gasteiger partial charge is 0.508 e. The minimum absolute atomic E-state index is 0.0162. The number of nitrogens with two attached hydrogens (primary N) is 2. The molecule has 0 spiro atoms. The van der Waals surface area contributed by atoms with E-state index >= 15 is 0 Å². The summed E-state index contributed by atoms with van der Waals surface area (Å²) in [5.41, 5.74) is 12.4. The number of benzene rings is 2. The van der Waals surface area contributed by atoms with Crippen LogP contribution in [0.2, 0.25) is 0 Å². The molecular weight excluding hydrogens is 664 g/mol. The first kappa shape index (κ1) is 39.5. The topological polar surface area (TPSA) is 288 Å². The van der Waals surface area contributed by atoms with Crippen LogP contribution in [0.1, 0.15) is 37.8 Å². The summed E-state index contributed by atoms with van der Waals surface area (Å²) in [5, 5.41) is 32.5. The number of aliphatic carboxylic acids is 1. The maximum atomic E-state index is 13.9. The average Bonchev–Trinajstić information content (AvgIpc) is 3.48. The van der Waals surface area contributed by atoms with E-state index in [-0.39, 0.29) is 37.5 Å². The van der Waals surface area contributed by atoms with Gasteiger partial charge in [0.2, 0.25) is 35.4 Å². The molecule has 3 aromatic rings. The number of hydrogen-bond donors (Lipinski definition) is 10. The van der Waals surface area contributed by atoms with E-state index < -0.39 is 78.5 Å². The fourth-order valence-corrected chi connectivity index (χ4v) is 5.22. The van der Waals surface area contributed by atoms with Crippen LogP contribution in [-0.2, 0) is 46.4 Å². The van der Waals surface area contributed by atoms with Crippen LogP contribution in [0, 0.1) is 5.92 Å². The number of nitrogens with one attached hydrogen (secondary N) is 6. The summed E-state index contributed by atoms with van der Waals surface area (Å²) in [6.45, 7) is 2.79. The number of aromatic hydroxyl groups is 1. The summed E-state index contributed by atoms with van der Waals surface area (Å²) in [6, 6.07) is 7.61. The van der Waals surface area contributed by atoms with E-state index in [1.54, 1.807) is 44.3 Å². The van der Waals surface area contributed by atoms with E-state index in [1.165, 1.54) is 12.1 Å². The molecule has 0 saturated heterocycles. The van der Waals surface area contributed by atoms with Crippen molar-refractivity contribution >= 4 is 52.3 Å². The molecule has 2 aromatic carbocycles. The summed E-state index contributed by atoms with van der Waals surface area (Å²) in [4.78, 5) is 91.8. The minimum Gasteiger partial charge on any atom is -0.508 e. The lowest BCUT2D eigenvalue weighted by atomic mass is 9.99. The summed E-state index contributed by atoms with van der Waals surface area (Å²) in [7, 11) is 0. The van der Waals surface area contributed by atoms with E-state index in [0.717, 1.165) is 10.9 Å². The third-order valence-corrected chi connectivity index (χ3v) is 7.75. The van der Waals surface area contributed by atoms with Gasteiger partial charge in [-0.2, -0.15) is 0 Å².